The SMILES string of the molecule is O=C(O)[C@H]1CSC(C=Cc2ccc3cc(O)ccc3c2)=N1. The first kappa shape index (κ1) is 13.7. The van der Waals surface area contributed by atoms with Crippen LogP contribution in [0.25, 0.3) is 16.8 Å². The lowest BCUT2D eigenvalue weighted by molar-refractivity contribution is -0.137. The van der Waals surface area contributed by atoms with Gasteiger partial charge in [-0.2, -0.15) is 0 Å². The number of thioether (sulfide) groups is 1. The van der Waals surface area contributed by atoms with E-state index in [1.54, 1.807) is 12.1 Å². The topological polar surface area (TPSA) is 69.9 Å². The number of aliphatic carboxylic acids is 1. The van der Waals surface area contributed by atoms with Crippen molar-refractivity contribution in [1.29, 1.82) is 0 Å². The average Bonchev–Trinajstić information content (AvgIpc) is 2.94. The van der Waals surface area contributed by atoms with Crippen molar-refractivity contribution in [2.75, 3.05) is 5.75 Å². The van der Waals surface area contributed by atoms with Gasteiger partial charge in [-0.25, -0.2) is 4.79 Å². The third-order valence-electron chi connectivity index (χ3n) is 3.22. The second-order valence-electron chi connectivity index (χ2n) is 4.76. The number of nitrogens with zero attached hydrogens (tertiary/aromatic N) is 1. The molecule has 5 heteroatoms. The molecule has 1 heterocycles. The summed E-state index contributed by atoms with van der Waals surface area (Å²) in [7, 11) is 0. The Morgan fingerprint density at radius 3 is 2.71 bits per heavy atom. The highest BCUT2D eigenvalue weighted by Crippen LogP contribution is 2.23. The predicted molar refractivity (Wildman–Crippen MR) is 86.0 cm³/mol. The van der Waals surface area contributed by atoms with Crippen molar-refractivity contribution in [3.8, 4) is 5.75 Å². The maximum Gasteiger partial charge on any atom is 0.329 e. The third kappa shape index (κ3) is 3.08. The highest BCUT2D eigenvalue weighted by atomic mass is 32.2. The molecule has 0 radical (unpaired) electrons. The summed E-state index contributed by atoms with van der Waals surface area (Å²) in [6, 6.07) is 10.5. The molecule has 0 saturated heterocycles. The fraction of sp³-hybridized carbons (Fsp3) is 0.125. The van der Waals surface area contributed by atoms with Gasteiger partial charge in [0.15, 0.2) is 6.04 Å². The molecule has 0 aromatic heterocycles. The lowest BCUT2D eigenvalue weighted by Gasteiger charge is -2.00. The Balaban J connectivity index is 1.82. The second-order valence-corrected chi connectivity index (χ2v) is 5.80. The van der Waals surface area contributed by atoms with Crippen molar-refractivity contribution >= 4 is 39.6 Å². The summed E-state index contributed by atoms with van der Waals surface area (Å²) in [5, 5.41) is 21.1. The average molecular weight is 299 g/mol. The van der Waals surface area contributed by atoms with Gasteiger partial charge in [0.25, 0.3) is 0 Å². The third-order valence-corrected chi connectivity index (χ3v) is 4.24. The summed E-state index contributed by atoms with van der Waals surface area (Å²) in [5.74, 6) is -0.134. The fourth-order valence-electron chi connectivity index (χ4n) is 2.13. The second kappa shape index (κ2) is 5.61. The lowest BCUT2D eigenvalue weighted by Crippen LogP contribution is -2.16. The van der Waals surface area contributed by atoms with Crippen LogP contribution in [0.3, 0.4) is 0 Å². The molecular weight excluding hydrogens is 286 g/mol. The minimum Gasteiger partial charge on any atom is -0.508 e. The number of hydrogen-bond acceptors (Lipinski definition) is 4. The molecule has 3 rings (SSSR count). The van der Waals surface area contributed by atoms with Gasteiger partial charge >= 0.3 is 5.97 Å². The Labute approximate surface area is 125 Å². The number of carboxylic acids is 1. The number of phenolic OH excluding ortho intramolecular Hbond substituents is 1. The molecule has 0 bridgehead atoms. The van der Waals surface area contributed by atoms with Gasteiger partial charge < -0.3 is 10.2 Å². The molecule has 2 aromatic carbocycles. The van der Waals surface area contributed by atoms with E-state index in [2.05, 4.69) is 4.99 Å². The van der Waals surface area contributed by atoms with Gasteiger partial charge in [-0.1, -0.05) is 24.3 Å². The summed E-state index contributed by atoms with van der Waals surface area (Å²) in [6.45, 7) is 0. The highest BCUT2D eigenvalue weighted by molar-refractivity contribution is 8.14. The van der Waals surface area contributed by atoms with Crippen LogP contribution >= 0.6 is 11.8 Å². The lowest BCUT2D eigenvalue weighted by atomic mass is 10.1. The first-order valence-electron chi connectivity index (χ1n) is 6.46. The van der Waals surface area contributed by atoms with E-state index in [4.69, 9.17) is 5.11 Å². The van der Waals surface area contributed by atoms with Crippen LogP contribution in [0.2, 0.25) is 0 Å². The summed E-state index contributed by atoms with van der Waals surface area (Å²) < 4.78 is 0. The van der Waals surface area contributed by atoms with Crippen molar-refractivity contribution in [1.82, 2.24) is 0 Å². The van der Waals surface area contributed by atoms with Crippen LogP contribution in [0, 0.1) is 0 Å². The normalized spacial score (nSPS) is 18.3. The predicted octanol–water partition coefficient (Wildman–Crippen LogP) is 3.16. The zero-order valence-corrected chi connectivity index (χ0v) is 11.9. The van der Waals surface area contributed by atoms with Crippen LogP contribution in [-0.2, 0) is 4.79 Å². The van der Waals surface area contributed by atoms with E-state index < -0.39 is 12.0 Å². The number of benzene rings is 2. The number of phenols is 1. The summed E-state index contributed by atoms with van der Waals surface area (Å²) in [6.07, 6.45) is 3.76. The molecule has 0 unspecified atom stereocenters. The molecule has 0 spiro atoms. The van der Waals surface area contributed by atoms with E-state index in [0.29, 0.717) is 5.75 Å². The van der Waals surface area contributed by atoms with Crippen LogP contribution < -0.4 is 0 Å². The van der Waals surface area contributed by atoms with Crippen molar-refractivity contribution < 1.29 is 15.0 Å². The molecule has 21 heavy (non-hydrogen) atoms. The van der Waals surface area contributed by atoms with Crippen LogP contribution in [-0.4, -0.2) is 33.0 Å². The largest absolute Gasteiger partial charge is 0.508 e. The molecule has 2 N–H and O–H groups in total. The molecular formula is C16H13NO3S. The Bertz CT molecular complexity index is 767. The Hall–Kier alpha value is -2.27. The van der Waals surface area contributed by atoms with Crippen molar-refractivity contribution in [3.05, 3.63) is 48.0 Å². The molecule has 0 saturated carbocycles. The van der Waals surface area contributed by atoms with Gasteiger partial charge in [0, 0.05) is 5.75 Å². The Morgan fingerprint density at radius 1 is 1.19 bits per heavy atom. The molecule has 4 nitrogen and oxygen atoms in total. The van der Waals surface area contributed by atoms with Gasteiger partial charge in [0.2, 0.25) is 0 Å². The van der Waals surface area contributed by atoms with E-state index in [9.17, 15) is 9.90 Å². The number of fused-ring (bicyclic) bond motifs is 1. The monoisotopic (exact) mass is 299 g/mol. The number of aliphatic imine (C=N–C) groups is 1. The van der Waals surface area contributed by atoms with E-state index in [1.165, 1.54) is 11.8 Å². The van der Waals surface area contributed by atoms with Crippen LogP contribution in [0.15, 0.2) is 47.5 Å². The Kier molecular flexibility index (Phi) is 3.66. The first-order chi connectivity index (χ1) is 10.1. The highest BCUT2D eigenvalue weighted by Gasteiger charge is 2.22. The molecule has 2 aromatic rings. The van der Waals surface area contributed by atoms with Crippen molar-refractivity contribution in [3.63, 3.8) is 0 Å². The van der Waals surface area contributed by atoms with Crippen molar-refractivity contribution in [2.45, 2.75) is 6.04 Å². The zero-order chi connectivity index (χ0) is 14.8. The van der Waals surface area contributed by atoms with E-state index in [1.807, 2.05) is 36.4 Å². The Morgan fingerprint density at radius 2 is 1.95 bits per heavy atom. The molecule has 106 valence electrons. The van der Waals surface area contributed by atoms with Crippen LogP contribution in [0.4, 0.5) is 0 Å². The quantitative estimate of drug-likeness (QED) is 0.913. The standard InChI is InChI=1S/C16H13NO3S/c18-13-5-4-11-7-10(1-3-12(11)8-13)2-6-15-17-14(9-21-15)16(19)20/h1-8,14,18H,9H2,(H,19,20)/t14-/m1/s1. The minimum atomic E-state index is -0.878. The molecule has 1 aliphatic rings. The van der Waals surface area contributed by atoms with Gasteiger partial charge in [-0.05, 0) is 40.6 Å². The summed E-state index contributed by atoms with van der Waals surface area (Å²) in [4.78, 5) is 15.0. The number of carboxylic acid groups (broad SMARTS) is 1. The number of hydrogen-bond donors (Lipinski definition) is 2. The van der Waals surface area contributed by atoms with Gasteiger partial charge in [0.1, 0.15) is 5.75 Å². The minimum absolute atomic E-state index is 0.252. The zero-order valence-electron chi connectivity index (χ0n) is 11.1. The number of aromatic hydroxyl groups is 1. The van der Waals surface area contributed by atoms with Gasteiger partial charge in [0.05, 0.1) is 5.04 Å². The molecule has 0 fully saturated rings. The van der Waals surface area contributed by atoms with Gasteiger partial charge in [-0.3, -0.25) is 4.99 Å². The first-order valence-corrected chi connectivity index (χ1v) is 7.45. The van der Waals surface area contributed by atoms with E-state index in [0.717, 1.165) is 21.4 Å². The molecule has 1 atom stereocenters. The maximum atomic E-state index is 10.8. The number of carbonyl (C=O) groups is 1. The number of rotatable bonds is 3. The molecule has 1 aliphatic heterocycles. The van der Waals surface area contributed by atoms with Crippen LogP contribution in [0.5, 0.6) is 5.75 Å². The van der Waals surface area contributed by atoms with E-state index >= 15 is 0 Å². The van der Waals surface area contributed by atoms with Crippen LogP contribution in [0.1, 0.15) is 5.56 Å². The molecule has 0 aliphatic carbocycles. The van der Waals surface area contributed by atoms with Crippen molar-refractivity contribution in [2.24, 2.45) is 4.99 Å². The molecule has 0 amide bonds. The summed E-state index contributed by atoms with van der Waals surface area (Å²) >= 11 is 1.45. The van der Waals surface area contributed by atoms with Gasteiger partial charge in [-0.15, -0.1) is 11.8 Å². The smallest absolute Gasteiger partial charge is 0.329 e. The fourth-order valence-corrected chi connectivity index (χ4v) is 3.04. The van der Waals surface area contributed by atoms with E-state index in [-0.39, 0.29) is 5.75 Å². The summed E-state index contributed by atoms with van der Waals surface area (Å²) in [5.41, 5.74) is 1.01. The maximum absolute atomic E-state index is 10.8.